The van der Waals surface area contributed by atoms with Crippen molar-refractivity contribution in [1.29, 1.82) is 0 Å². The first-order valence-corrected chi connectivity index (χ1v) is 5.01. The van der Waals surface area contributed by atoms with Crippen LogP contribution < -0.4 is 15.6 Å². The predicted octanol–water partition coefficient (Wildman–Crippen LogP) is -0.513. The maximum atomic E-state index is 11.6. The summed E-state index contributed by atoms with van der Waals surface area (Å²) in [5.74, 6) is -0.897. The summed E-state index contributed by atoms with van der Waals surface area (Å²) in [6.07, 6.45) is 1.43. The highest BCUT2D eigenvalue weighted by molar-refractivity contribution is 5.97. The summed E-state index contributed by atoms with van der Waals surface area (Å²) >= 11 is 0. The van der Waals surface area contributed by atoms with Crippen molar-refractivity contribution in [3.05, 3.63) is 22.4 Å². The Morgan fingerprint density at radius 3 is 2.82 bits per heavy atom. The highest BCUT2D eigenvalue weighted by atomic mass is 16.5. The van der Waals surface area contributed by atoms with Gasteiger partial charge in [-0.1, -0.05) is 6.92 Å². The molecule has 1 aromatic rings. The van der Waals surface area contributed by atoms with E-state index < -0.39 is 11.5 Å². The van der Waals surface area contributed by atoms with Crippen molar-refractivity contribution < 1.29 is 14.3 Å². The van der Waals surface area contributed by atoms with Crippen molar-refractivity contribution in [2.24, 2.45) is 0 Å². The smallest absolute Gasteiger partial charge is 0.293 e. The average Bonchev–Trinajstić information content (AvgIpc) is 2.35. The summed E-state index contributed by atoms with van der Waals surface area (Å²) in [6.45, 7) is 1.60. The maximum absolute atomic E-state index is 11.6. The molecule has 7 heteroatoms. The molecule has 0 aromatic carbocycles. The monoisotopic (exact) mass is 239 g/mol. The first kappa shape index (κ1) is 12.9. The summed E-state index contributed by atoms with van der Waals surface area (Å²) in [5, 5.41) is 2.37. The zero-order valence-electron chi connectivity index (χ0n) is 9.57. The Morgan fingerprint density at radius 1 is 1.53 bits per heavy atom. The molecule has 0 saturated heterocycles. The van der Waals surface area contributed by atoms with E-state index in [1.807, 2.05) is 0 Å². The average molecular weight is 239 g/mol. The van der Waals surface area contributed by atoms with Crippen LogP contribution in [0.4, 0.5) is 0 Å². The lowest BCUT2D eigenvalue weighted by molar-refractivity contribution is -0.117. The standard InChI is InChI=1S/C10H13N3O4/c1-3-6(14)4-11-9(15)7-8(17-2)10(16)13-5-12-7/h5H,3-4H2,1-2H3,(H,11,15)(H,12,13,16). The number of Topliss-reactive ketones (excluding diaryl/α,β-unsaturated/α-hetero) is 1. The van der Waals surface area contributed by atoms with Gasteiger partial charge in [0, 0.05) is 6.42 Å². The lowest BCUT2D eigenvalue weighted by Gasteiger charge is -2.06. The molecule has 0 aliphatic rings. The van der Waals surface area contributed by atoms with Crippen LogP contribution in [0.15, 0.2) is 11.1 Å². The van der Waals surface area contributed by atoms with Crippen LogP contribution in [-0.2, 0) is 4.79 Å². The number of rotatable bonds is 5. The second kappa shape index (κ2) is 5.78. The van der Waals surface area contributed by atoms with Crippen molar-refractivity contribution in [1.82, 2.24) is 15.3 Å². The third-order valence-electron chi connectivity index (χ3n) is 2.07. The van der Waals surface area contributed by atoms with E-state index in [1.165, 1.54) is 7.11 Å². The number of amides is 1. The lowest BCUT2D eigenvalue weighted by atomic mass is 10.3. The molecule has 0 aliphatic carbocycles. The van der Waals surface area contributed by atoms with E-state index in [4.69, 9.17) is 4.74 Å². The molecule has 0 saturated carbocycles. The molecule has 2 N–H and O–H groups in total. The zero-order chi connectivity index (χ0) is 12.8. The van der Waals surface area contributed by atoms with Gasteiger partial charge >= 0.3 is 0 Å². The van der Waals surface area contributed by atoms with Gasteiger partial charge in [0.25, 0.3) is 11.5 Å². The van der Waals surface area contributed by atoms with Crippen LogP contribution in [-0.4, -0.2) is 35.3 Å². The fourth-order valence-corrected chi connectivity index (χ4v) is 1.13. The van der Waals surface area contributed by atoms with Gasteiger partial charge in [0.1, 0.15) is 0 Å². The first-order valence-electron chi connectivity index (χ1n) is 5.01. The van der Waals surface area contributed by atoms with Gasteiger partial charge in [-0.05, 0) is 0 Å². The van der Waals surface area contributed by atoms with Crippen molar-refractivity contribution in [2.45, 2.75) is 13.3 Å². The topological polar surface area (TPSA) is 101 Å². The molecule has 0 aliphatic heterocycles. The molecular weight excluding hydrogens is 226 g/mol. The zero-order valence-corrected chi connectivity index (χ0v) is 9.57. The number of ether oxygens (including phenoxy) is 1. The summed E-state index contributed by atoms with van der Waals surface area (Å²) < 4.78 is 4.78. The van der Waals surface area contributed by atoms with Gasteiger partial charge in [0.05, 0.1) is 20.0 Å². The number of hydrogen-bond donors (Lipinski definition) is 2. The van der Waals surface area contributed by atoms with Gasteiger partial charge in [0.2, 0.25) is 5.75 Å². The molecular formula is C10H13N3O4. The molecule has 0 radical (unpaired) electrons. The van der Waals surface area contributed by atoms with Crippen molar-refractivity contribution in [3.8, 4) is 5.75 Å². The summed E-state index contributed by atoms with van der Waals surface area (Å²) in [5.41, 5.74) is -0.686. The summed E-state index contributed by atoms with van der Waals surface area (Å²) in [4.78, 5) is 40.0. The Balaban J connectivity index is 2.86. The number of ketones is 1. The minimum absolute atomic E-state index is 0.0903. The van der Waals surface area contributed by atoms with Gasteiger partial charge < -0.3 is 15.0 Å². The molecule has 17 heavy (non-hydrogen) atoms. The van der Waals surface area contributed by atoms with Crippen molar-refractivity contribution in [2.75, 3.05) is 13.7 Å². The molecule has 1 aromatic heterocycles. The molecule has 0 unspecified atom stereocenters. The van der Waals surface area contributed by atoms with Crippen LogP contribution in [0.3, 0.4) is 0 Å². The van der Waals surface area contributed by atoms with Gasteiger partial charge in [-0.3, -0.25) is 14.4 Å². The van der Waals surface area contributed by atoms with E-state index in [0.717, 1.165) is 6.33 Å². The van der Waals surface area contributed by atoms with E-state index in [0.29, 0.717) is 6.42 Å². The number of aromatic amines is 1. The Kier molecular flexibility index (Phi) is 4.38. The molecule has 7 nitrogen and oxygen atoms in total. The number of nitrogens with one attached hydrogen (secondary N) is 2. The van der Waals surface area contributed by atoms with Crippen LogP contribution in [0.25, 0.3) is 0 Å². The van der Waals surface area contributed by atoms with Crippen LogP contribution >= 0.6 is 0 Å². The fraction of sp³-hybridized carbons (Fsp3) is 0.400. The van der Waals surface area contributed by atoms with Gasteiger partial charge in [0.15, 0.2) is 11.5 Å². The Labute approximate surface area is 97.2 Å². The Hall–Kier alpha value is -2.18. The number of nitrogens with zero attached hydrogens (tertiary/aromatic N) is 1. The Morgan fingerprint density at radius 2 is 2.24 bits per heavy atom. The lowest BCUT2D eigenvalue weighted by Crippen LogP contribution is -2.31. The Bertz CT molecular complexity index is 481. The van der Waals surface area contributed by atoms with E-state index in [9.17, 15) is 14.4 Å². The number of methoxy groups -OCH3 is 1. The van der Waals surface area contributed by atoms with Crippen LogP contribution in [0, 0.1) is 0 Å². The third kappa shape index (κ3) is 3.13. The highest BCUT2D eigenvalue weighted by Gasteiger charge is 2.17. The first-order chi connectivity index (χ1) is 8.10. The largest absolute Gasteiger partial charge is 0.489 e. The summed E-state index contributed by atoms with van der Waals surface area (Å²) in [6, 6.07) is 0. The normalized spacial score (nSPS) is 9.76. The number of H-pyrrole nitrogens is 1. The molecule has 1 amide bonds. The molecule has 0 fully saturated rings. The second-order valence-electron chi connectivity index (χ2n) is 3.19. The molecule has 0 spiro atoms. The minimum Gasteiger partial charge on any atom is -0.489 e. The molecule has 0 bridgehead atoms. The molecule has 92 valence electrons. The van der Waals surface area contributed by atoms with Crippen molar-refractivity contribution >= 4 is 11.7 Å². The predicted molar refractivity (Wildman–Crippen MR) is 59.0 cm³/mol. The quantitative estimate of drug-likeness (QED) is 0.720. The van der Waals surface area contributed by atoms with E-state index in [1.54, 1.807) is 6.92 Å². The maximum Gasteiger partial charge on any atom is 0.293 e. The number of carbonyl (C=O) groups excluding carboxylic acids is 2. The molecule has 0 atom stereocenters. The van der Waals surface area contributed by atoms with Gasteiger partial charge in [-0.2, -0.15) is 0 Å². The van der Waals surface area contributed by atoms with Gasteiger partial charge in [-0.15, -0.1) is 0 Å². The van der Waals surface area contributed by atoms with E-state index in [-0.39, 0.29) is 23.8 Å². The number of aromatic nitrogens is 2. The molecule has 1 rings (SSSR count). The van der Waals surface area contributed by atoms with Crippen LogP contribution in [0.5, 0.6) is 5.75 Å². The van der Waals surface area contributed by atoms with E-state index >= 15 is 0 Å². The number of hydrogen-bond acceptors (Lipinski definition) is 5. The molecule has 1 heterocycles. The van der Waals surface area contributed by atoms with Gasteiger partial charge in [-0.25, -0.2) is 4.98 Å². The van der Waals surface area contributed by atoms with E-state index in [2.05, 4.69) is 15.3 Å². The summed E-state index contributed by atoms with van der Waals surface area (Å²) in [7, 11) is 1.26. The highest BCUT2D eigenvalue weighted by Crippen LogP contribution is 2.07. The fourth-order valence-electron chi connectivity index (χ4n) is 1.13. The SMILES string of the molecule is CCC(=O)CNC(=O)c1nc[nH]c(=O)c1OC. The second-order valence-corrected chi connectivity index (χ2v) is 3.19. The minimum atomic E-state index is -0.616. The third-order valence-corrected chi connectivity index (χ3v) is 2.07. The van der Waals surface area contributed by atoms with Crippen molar-refractivity contribution in [3.63, 3.8) is 0 Å². The van der Waals surface area contributed by atoms with Crippen LogP contribution in [0.2, 0.25) is 0 Å². The number of carbonyl (C=O) groups is 2. The van der Waals surface area contributed by atoms with Crippen LogP contribution in [0.1, 0.15) is 23.8 Å².